The van der Waals surface area contributed by atoms with Crippen LogP contribution in [-0.2, 0) is 9.59 Å². The molecule has 2 fully saturated rings. The fourth-order valence-corrected chi connectivity index (χ4v) is 4.89. The number of carbonyl (C=O) groups excluding carboxylic acids is 1. The van der Waals surface area contributed by atoms with Crippen molar-refractivity contribution in [1.82, 2.24) is 29.7 Å². The summed E-state index contributed by atoms with van der Waals surface area (Å²) in [6, 6.07) is 6.25. The van der Waals surface area contributed by atoms with Crippen molar-refractivity contribution in [2.75, 3.05) is 50.5 Å². The number of pyridine rings is 1. The molecule has 1 saturated heterocycles. The minimum atomic E-state index is -1.08. The molecule has 230 valence electrons. The van der Waals surface area contributed by atoms with Gasteiger partial charge in [-0.05, 0) is 31.0 Å². The molecule has 14 nitrogen and oxygen atoms in total. The zero-order valence-electron chi connectivity index (χ0n) is 23.3. The van der Waals surface area contributed by atoms with E-state index in [0.717, 1.165) is 55.7 Å². The van der Waals surface area contributed by atoms with Gasteiger partial charge in [-0.15, -0.1) is 0 Å². The number of hydrogen-bond donors (Lipinski definition) is 4. The predicted octanol–water partition coefficient (Wildman–Crippen LogP) is 2.54. The second-order valence-corrected chi connectivity index (χ2v) is 10.1. The molecular weight excluding hydrogens is 544 g/mol. The molecular formula is C28H42N8O6. The van der Waals surface area contributed by atoms with Gasteiger partial charge in [-0.3, -0.25) is 14.4 Å². The molecule has 3 aromatic heterocycles. The number of aliphatic carboxylic acids is 2. The van der Waals surface area contributed by atoms with E-state index in [1.807, 2.05) is 18.3 Å². The monoisotopic (exact) mass is 586 g/mol. The SMILES string of the molecule is C.CN(C)C(=O)c1cc2cnc(Nc3ccc(N4CCNCC4)cn3)nc2n1C1CCCC1.O.O=C(O)CCC(=O)O. The molecule has 4 heterocycles. The second kappa shape index (κ2) is 15.6. The smallest absolute Gasteiger partial charge is 0.303 e. The number of amides is 1. The van der Waals surface area contributed by atoms with E-state index >= 15 is 0 Å². The molecule has 14 heteroatoms. The third-order valence-electron chi connectivity index (χ3n) is 6.91. The Kier molecular flexibility index (Phi) is 12.6. The van der Waals surface area contributed by atoms with Crippen molar-refractivity contribution in [2.24, 2.45) is 0 Å². The van der Waals surface area contributed by atoms with Crippen LogP contribution in [0.25, 0.3) is 11.0 Å². The molecule has 1 saturated carbocycles. The van der Waals surface area contributed by atoms with Crippen molar-refractivity contribution >= 4 is 46.3 Å². The Bertz CT molecular complexity index is 1320. The normalized spacial score (nSPS) is 14.7. The summed E-state index contributed by atoms with van der Waals surface area (Å²) in [7, 11) is 3.57. The topological polar surface area (TPSA) is 197 Å². The fourth-order valence-electron chi connectivity index (χ4n) is 4.89. The molecule has 1 aliphatic heterocycles. The van der Waals surface area contributed by atoms with E-state index in [-0.39, 0.29) is 31.7 Å². The van der Waals surface area contributed by atoms with Gasteiger partial charge in [0.15, 0.2) is 0 Å². The maximum Gasteiger partial charge on any atom is 0.303 e. The van der Waals surface area contributed by atoms with E-state index in [1.165, 1.54) is 12.8 Å². The van der Waals surface area contributed by atoms with Crippen molar-refractivity contribution in [3.8, 4) is 0 Å². The minimum Gasteiger partial charge on any atom is -0.481 e. The largest absolute Gasteiger partial charge is 0.481 e. The van der Waals surface area contributed by atoms with Crippen LogP contribution in [0.3, 0.4) is 0 Å². The molecule has 1 amide bonds. The Hall–Kier alpha value is -4.30. The summed E-state index contributed by atoms with van der Waals surface area (Å²) in [5, 5.41) is 23.3. The van der Waals surface area contributed by atoms with E-state index in [1.54, 1.807) is 25.2 Å². The van der Waals surface area contributed by atoms with Gasteiger partial charge < -0.3 is 40.7 Å². The summed E-state index contributed by atoms with van der Waals surface area (Å²) in [6.45, 7) is 3.96. The second-order valence-electron chi connectivity index (χ2n) is 10.1. The van der Waals surface area contributed by atoms with Crippen LogP contribution < -0.4 is 15.5 Å². The number of hydrogen-bond acceptors (Lipinski definition) is 9. The number of nitrogens with zero attached hydrogens (tertiary/aromatic N) is 6. The number of carboxylic acids is 2. The van der Waals surface area contributed by atoms with Crippen LogP contribution in [-0.4, -0.2) is 98.2 Å². The highest BCUT2D eigenvalue weighted by atomic mass is 16.4. The molecule has 1 aliphatic carbocycles. The molecule has 5 rings (SSSR count). The average molecular weight is 587 g/mol. The molecule has 3 aromatic rings. The number of carbonyl (C=O) groups is 3. The van der Waals surface area contributed by atoms with Crippen LogP contribution in [0.4, 0.5) is 17.5 Å². The number of nitrogens with one attached hydrogen (secondary N) is 2. The molecule has 2 aliphatic rings. The number of fused-ring (bicyclic) bond motifs is 1. The summed E-state index contributed by atoms with van der Waals surface area (Å²) in [5.41, 5.74) is 2.61. The molecule has 0 bridgehead atoms. The maximum atomic E-state index is 12.9. The van der Waals surface area contributed by atoms with Gasteiger partial charge in [0.05, 0.1) is 24.7 Å². The van der Waals surface area contributed by atoms with Gasteiger partial charge in [0, 0.05) is 57.9 Å². The highest BCUT2D eigenvalue weighted by Gasteiger charge is 2.26. The van der Waals surface area contributed by atoms with Crippen LogP contribution in [0.1, 0.15) is 62.5 Å². The van der Waals surface area contributed by atoms with Crippen LogP contribution in [0, 0.1) is 0 Å². The summed E-state index contributed by atoms with van der Waals surface area (Å²) < 4.78 is 2.12. The lowest BCUT2D eigenvalue weighted by Crippen LogP contribution is -2.43. The lowest BCUT2D eigenvalue weighted by molar-refractivity contribution is -0.143. The number of anilines is 3. The maximum absolute atomic E-state index is 12.9. The number of aromatic nitrogens is 4. The Morgan fingerprint density at radius 3 is 2.21 bits per heavy atom. The number of rotatable bonds is 8. The van der Waals surface area contributed by atoms with E-state index in [2.05, 4.69) is 36.1 Å². The van der Waals surface area contributed by atoms with Gasteiger partial charge >= 0.3 is 11.9 Å². The standard InChI is InChI=1S/C23H30N8O.C4H6O4.CH4.H2O/c1-29(2)22(32)19-13-16-14-26-23(28-21(16)31(19)17-5-3-4-6-17)27-20-8-7-18(15-25-20)30-11-9-24-10-12-30;5-3(6)1-2-4(7)8;;/h7-8,13-15,17,24H,3-6,9-12H2,1-2H3,(H,25,26,27,28);1-2H2,(H,5,6)(H,7,8);1H4;1H2. The van der Waals surface area contributed by atoms with Gasteiger partial charge in [-0.25, -0.2) is 9.97 Å². The van der Waals surface area contributed by atoms with Gasteiger partial charge in [0.2, 0.25) is 5.95 Å². The van der Waals surface area contributed by atoms with Crippen molar-refractivity contribution in [3.63, 3.8) is 0 Å². The molecule has 0 spiro atoms. The van der Waals surface area contributed by atoms with Gasteiger partial charge in [0.1, 0.15) is 17.2 Å². The van der Waals surface area contributed by atoms with Gasteiger partial charge in [-0.1, -0.05) is 20.3 Å². The minimum absolute atomic E-state index is 0. The highest BCUT2D eigenvalue weighted by molar-refractivity contribution is 5.98. The highest BCUT2D eigenvalue weighted by Crippen LogP contribution is 2.35. The molecule has 0 radical (unpaired) electrons. The molecule has 0 unspecified atom stereocenters. The lowest BCUT2D eigenvalue weighted by atomic mass is 10.2. The summed E-state index contributed by atoms with van der Waals surface area (Å²) >= 11 is 0. The first kappa shape index (κ1) is 33.9. The molecule has 0 atom stereocenters. The van der Waals surface area contributed by atoms with Crippen LogP contribution >= 0.6 is 0 Å². The third kappa shape index (κ3) is 8.60. The third-order valence-corrected chi connectivity index (χ3v) is 6.91. The van der Waals surface area contributed by atoms with Crippen molar-refractivity contribution < 1.29 is 30.1 Å². The summed E-state index contributed by atoms with van der Waals surface area (Å²) in [4.78, 5) is 49.9. The van der Waals surface area contributed by atoms with Crippen LogP contribution in [0.2, 0.25) is 0 Å². The molecule has 0 aromatic carbocycles. The van der Waals surface area contributed by atoms with Crippen LogP contribution in [0.5, 0.6) is 0 Å². The number of piperazine rings is 1. The Morgan fingerprint density at radius 1 is 1.02 bits per heavy atom. The van der Waals surface area contributed by atoms with Gasteiger partial charge in [-0.2, -0.15) is 4.98 Å². The first-order valence-corrected chi connectivity index (χ1v) is 13.4. The average Bonchev–Trinajstić information content (AvgIpc) is 3.60. The Labute approximate surface area is 245 Å². The Morgan fingerprint density at radius 2 is 1.67 bits per heavy atom. The summed E-state index contributed by atoms with van der Waals surface area (Å²) in [6.07, 6.45) is 7.58. The van der Waals surface area contributed by atoms with E-state index < -0.39 is 11.9 Å². The zero-order valence-corrected chi connectivity index (χ0v) is 23.3. The lowest BCUT2D eigenvalue weighted by Gasteiger charge is -2.29. The Balaban J connectivity index is 0.000000546. The first-order chi connectivity index (χ1) is 19.2. The predicted molar refractivity (Wildman–Crippen MR) is 161 cm³/mol. The molecule has 42 heavy (non-hydrogen) atoms. The van der Waals surface area contributed by atoms with E-state index in [9.17, 15) is 14.4 Å². The van der Waals surface area contributed by atoms with Crippen LogP contribution in [0.15, 0.2) is 30.6 Å². The molecule has 6 N–H and O–H groups in total. The quantitative estimate of drug-likeness (QED) is 0.302. The van der Waals surface area contributed by atoms with Crippen molar-refractivity contribution in [3.05, 3.63) is 36.3 Å². The van der Waals surface area contributed by atoms with E-state index in [4.69, 9.17) is 15.2 Å². The zero-order chi connectivity index (χ0) is 28.6. The summed E-state index contributed by atoms with van der Waals surface area (Å²) in [5.74, 6) is -0.970. The van der Waals surface area contributed by atoms with E-state index in [0.29, 0.717) is 23.5 Å². The van der Waals surface area contributed by atoms with Crippen molar-refractivity contribution in [1.29, 1.82) is 0 Å². The first-order valence-electron chi connectivity index (χ1n) is 13.4. The number of carboxylic acid groups (broad SMARTS) is 2. The van der Waals surface area contributed by atoms with Crippen molar-refractivity contribution in [2.45, 2.75) is 52.0 Å². The van der Waals surface area contributed by atoms with Gasteiger partial charge in [0.25, 0.3) is 5.91 Å². The fraction of sp³-hybridized carbons (Fsp3) is 0.500.